The molecule has 40 heavy (non-hydrogen) atoms. The Balaban J connectivity index is 1.54. The third-order valence-electron chi connectivity index (χ3n) is 6.47. The fraction of sp³-hybridized carbons (Fsp3) is 0.172. The maximum Gasteiger partial charge on any atom is 0.303 e. The first-order valence-electron chi connectivity index (χ1n) is 12.5. The number of aromatic nitrogens is 3. The van der Waals surface area contributed by atoms with Gasteiger partial charge < -0.3 is 25.3 Å². The molecule has 0 aliphatic heterocycles. The minimum Gasteiger partial charge on any atom is -0.481 e. The number of anilines is 1. The zero-order valence-electron chi connectivity index (χ0n) is 21.1. The monoisotopic (exact) mass is 550 g/mol. The summed E-state index contributed by atoms with van der Waals surface area (Å²) in [5, 5.41) is 28.8. The molecule has 0 unspecified atom stereocenters. The number of rotatable bonds is 11. The number of ether oxygens (including phenoxy) is 1. The highest BCUT2D eigenvalue weighted by molar-refractivity contribution is 5.82. The Morgan fingerprint density at radius 1 is 1.02 bits per heavy atom. The Labute approximate surface area is 226 Å². The van der Waals surface area contributed by atoms with Crippen LogP contribution < -0.4 is 10.1 Å². The highest BCUT2D eigenvalue weighted by Gasteiger charge is 2.22. The van der Waals surface area contributed by atoms with Crippen LogP contribution >= 0.6 is 0 Å². The second kappa shape index (κ2) is 11.5. The Morgan fingerprint density at radius 2 is 1.82 bits per heavy atom. The lowest BCUT2D eigenvalue weighted by molar-refractivity contribution is -0.136. The van der Waals surface area contributed by atoms with Gasteiger partial charge in [-0.2, -0.15) is 5.10 Å². The number of aliphatic hydroxyl groups is 1. The van der Waals surface area contributed by atoms with Gasteiger partial charge in [0.1, 0.15) is 17.4 Å². The summed E-state index contributed by atoms with van der Waals surface area (Å²) in [7, 11) is 0. The maximum absolute atomic E-state index is 15.3. The predicted octanol–water partition coefficient (Wildman–Crippen LogP) is 5.78. The van der Waals surface area contributed by atoms with Gasteiger partial charge in [-0.15, -0.1) is 0 Å². The first-order valence-corrected chi connectivity index (χ1v) is 12.5. The Kier molecular flexibility index (Phi) is 7.74. The van der Waals surface area contributed by atoms with Crippen molar-refractivity contribution in [2.24, 2.45) is 0 Å². The van der Waals surface area contributed by atoms with Crippen LogP contribution in [-0.2, 0) is 17.6 Å². The number of hydrogen-bond acceptors (Lipinski definition) is 5. The quantitative estimate of drug-likeness (QED) is 0.142. The number of hydrogen-bond donors (Lipinski definition) is 5. The van der Waals surface area contributed by atoms with Crippen molar-refractivity contribution in [1.82, 2.24) is 15.2 Å². The molecule has 206 valence electrons. The van der Waals surface area contributed by atoms with E-state index in [0.29, 0.717) is 23.5 Å². The molecule has 0 atom stereocenters. The summed E-state index contributed by atoms with van der Waals surface area (Å²) in [5.41, 5.74) is 2.72. The van der Waals surface area contributed by atoms with Crippen LogP contribution in [0.15, 0.2) is 60.8 Å². The molecule has 0 amide bonds. The highest BCUT2D eigenvalue weighted by Crippen LogP contribution is 2.38. The second-order valence-electron chi connectivity index (χ2n) is 9.09. The van der Waals surface area contributed by atoms with Crippen LogP contribution in [0, 0.1) is 17.5 Å². The molecule has 3 aromatic carbocycles. The van der Waals surface area contributed by atoms with Crippen molar-refractivity contribution in [1.29, 1.82) is 0 Å². The maximum atomic E-state index is 15.3. The number of benzene rings is 3. The van der Waals surface area contributed by atoms with E-state index in [9.17, 15) is 14.3 Å². The molecule has 0 aliphatic rings. The van der Waals surface area contributed by atoms with Crippen molar-refractivity contribution in [3.8, 4) is 22.6 Å². The number of aliphatic hydroxyl groups excluding tert-OH is 1. The summed E-state index contributed by atoms with van der Waals surface area (Å²) < 4.78 is 50.6. The van der Waals surface area contributed by atoms with E-state index in [4.69, 9.17) is 9.84 Å². The largest absolute Gasteiger partial charge is 0.481 e. The first-order chi connectivity index (χ1) is 19.4. The molecule has 8 nitrogen and oxygen atoms in total. The van der Waals surface area contributed by atoms with E-state index in [1.165, 1.54) is 24.4 Å². The van der Waals surface area contributed by atoms with Crippen molar-refractivity contribution in [2.45, 2.75) is 19.3 Å². The second-order valence-corrected chi connectivity index (χ2v) is 9.09. The molecule has 0 aliphatic carbocycles. The molecule has 0 bridgehead atoms. The number of aliphatic carboxylic acids is 1. The van der Waals surface area contributed by atoms with Crippen LogP contribution in [0.3, 0.4) is 0 Å². The van der Waals surface area contributed by atoms with Crippen LogP contribution in [0.2, 0.25) is 0 Å². The van der Waals surface area contributed by atoms with Gasteiger partial charge in [0.15, 0.2) is 17.4 Å². The van der Waals surface area contributed by atoms with Crippen molar-refractivity contribution >= 4 is 22.7 Å². The van der Waals surface area contributed by atoms with Gasteiger partial charge in [-0.1, -0.05) is 24.3 Å². The summed E-state index contributed by atoms with van der Waals surface area (Å²) in [6.45, 7) is -0.0492. The minimum absolute atomic E-state index is 0.00815. The number of nitrogens with one attached hydrogen (secondary N) is 3. The molecule has 0 fully saturated rings. The number of carboxylic acids is 1. The van der Waals surface area contributed by atoms with Crippen LogP contribution in [0.25, 0.3) is 22.0 Å². The van der Waals surface area contributed by atoms with Crippen molar-refractivity contribution in [2.75, 3.05) is 18.5 Å². The van der Waals surface area contributed by atoms with Crippen LogP contribution in [0.4, 0.5) is 19.0 Å². The van der Waals surface area contributed by atoms with Gasteiger partial charge in [0, 0.05) is 42.6 Å². The van der Waals surface area contributed by atoms with E-state index < -0.39 is 29.2 Å². The summed E-state index contributed by atoms with van der Waals surface area (Å²) in [5.74, 6) is -3.68. The van der Waals surface area contributed by atoms with Crippen molar-refractivity contribution < 1.29 is 32.9 Å². The number of aryl methyl sites for hydroxylation is 1. The Morgan fingerprint density at radius 3 is 2.60 bits per heavy atom. The molecule has 2 aromatic heterocycles. The molecule has 2 heterocycles. The third kappa shape index (κ3) is 5.50. The van der Waals surface area contributed by atoms with Gasteiger partial charge in [0.2, 0.25) is 0 Å². The normalized spacial score (nSPS) is 11.2. The smallest absolute Gasteiger partial charge is 0.303 e. The number of carbonyl (C=O) groups is 1. The number of fused-ring (bicyclic) bond motifs is 1. The number of H-pyrrole nitrogens is 2. The molecule has 0 saturated heterocycles. The molecule has 5 rings (SSSR count). The van der Waals surface area contributed by atoms with Crippen LogP contribution in [0.5, 0.6) is 11.5 Å². The van der Waals surface area contributed by atoms with Gasteiger partial charge in [-0.25, -0.2) is 13.2 Å². The molecule has 0 spiro atoms. The van der Waals surface area contributed by atoms with Crippen molar-refractivity contribution in [3.63, 3.8) is 0 Å². The Hall–Kier alpha value is -4.77. The van der Waals surface area contributed by atoms with Crippen molar-refractivity contribution in [3.05, 3.63) is 95.1 Å². The fourth-order valence-corrected chi connectivity index (χ4v) is 4.59. The van der Waals surface area contributed by atoms with E-state index in [2.05, 4.69) is 20.5 Å². The summed E-state index contributed by atoms with van der Waals surface area (Å²) in [4.78, 5) is 13.9. The zero-order chi connectivity index (χ0) is 28.2. The van der Waals surface area contributed by atoms with Gasteiger partial charge in [-0.05, 0) is 41.8 Å². The van der Waals surface area contributed by atoms with Gasteiger partial charge in [0.05, 0.1) is 23.4 Å². The molecular weight excluding hydrogens is 525 g/mol. The number of aromatic amines is 2. The minimum atomic E-state index is -0.925. The lowest BCUT2D eigenvalue weighted by atomic mass is 9.95. The van der Waals surface area contributed by atoms with Gasteiger partial charge in [-0.3, -0.25) is 9.89 Å². The van der Waals surface area contributed by atoms with Crippen LogP contribution in [0.1, 0.15) is 23.2 Å². The topological polar surface area (TPSA) is 123 Å². The highest BCUT2D eigenvalue weighted by atomic mass is 19.1. The molecule has 0 saturated carbocycles. The van der Waals surface area contributed by atoms with Gasteiger partial charge >= 0.3 is 5.97 Å². The fourth-order valence-electron chi connectivity index (χ4n) is 4.59. The van der Waals surface area contributed by atoms with E-state index in [0.717, 1.165) is 23.3 Å². The molecule has 5 N–H and O–H groups in total. The number of nitrogens with zero attached hydrogens (tertiary/aromatic N) is 1. The average molecular weight is 551 g/mol. The lowest BCUT2D eigenvalue weighted by Gasteiger charge is -2.13. The molecule has 5 aromatic rings. The average Bonchev–Trinajstić information content (AvgIpc) is 3.57. The first kappa shape index (κ1) is 26.8. The summed E-state index contributed by atoms with van der Waals surface area (Å²) in [6.07, 6.45) is 1.97. The van der Waals surface area contributed by atoms with E-state index in [1.807, 2.05) is 24.3 Å². The SMILES string of the molecule is O=C(O)CCc1ccccc1Cc1n[nH]c(NCCO)c1-c1cc(Oc2c(F)cc3[nH]ccc3c2F)ccc1F. The number of halogens is 3. The van der Waals surface area contributed by atoms with E-state index >= 15 is 8.78 Å². The zero-order valence-corrected chi connectivity index (χ0v) is 21.1. The van der Waals surface area contributed by atoms with Crippen LogP contribution in [-0.4, -0.2) is 44.5 Å². The third-order valence-corrected chi connectivity index (χ3v) is 6.47. The lowest BCUT2D eigenvalue weighted by Crippen LogP contribution is -2.07. The Bertz CT molecular complexity index is 1680. The molecule has 0 radical (unpaired) electrons. The standard InChI is InChI=1S/C29H25F3N4O4/c30-21-7-6-18(40-28-22(31)15-23-19(27(28)32)9-10-33-23)14-20(21)26-24(35-36-29(26)34-11-12-37)13-17-4-2-1-3-16(17)5-8-25(38)39/h1-4,6-7,9-10,14-15,33,37H,5,8,11-13H2,(H,38,39)(H2,34,35,36). The van der Waals surface area contributed by atoms with E-state index in [-0.39, 0.29) is 48.2 Å². The van der Waals surface area contributed by atoms with Gasteiger partial charge in [0.25, 0.3) is 0 Å². The molecule has 11 heteroatoms. The van der Waals surface area contributed by atoms with E-state index in [1.54, 1.807) is 0 Å². The summed E-state index contributed by atoms with van der Waals surface area (Å²) in [6, 6.07) is 13.6. The predicted molar refractivity (Wildman–Crippen MR) is 143 cm³/mol. The summed E-state index contributed by atoms with van der Waals surface area (Å²) >= 11 is 0. The number of carboxylic acid groups (broad SMARTS) is 1. The molecular formula is C29H25F3N4O4.